The van der Waals surface area contributed by atoms with Gasteiger partial charge in [-0.05, 0) is 41.6 Å². The molecule has 1 nitrogen and oxygen atoms in total. The van der Waals surface area contributed by atoms with Crippen LogP contribution in [-0.2, 0) is 13.1 Å². The average molecular weight is 179 g/mol. The molecular formula is C10H14NP. The Kier molecular flexibility index (Phi) is 2.16. The minimum Gasteiger partial charge on any atom is -0.309 e. The first-order valence-electron chi connectivity index (χ1n) is 4.32. The van der Waals surface area contributed by atoms with Crippen molar-refractivity contribution in [3.63, 3.8) is 0 Å². The third-order valence-corrected chi connectivity index (χ3v) is 3.52. The Morgan fingerprint density at radius 1 is 1.25 bits per heavy atom. The summed E-state index contributed by atoms with van der Waals surface area (Å²) in [7, 11) is 0.925. The fraction of sp³-hybridized carbons (Fsp3) is 0.400. The second-order valence-corrected chi connectivity index (χ2v) is 4.33. The van der Waals surface area contributed by atoms with Crippen LogP contribution in [0.5, 0.6) is 0 Å². The summed E-state index contributed by atoms with van der Waals surface area (Å²) in [6, 6.07) is 4.70. The summed E-state index contributed by atoms with van der Waals surface area (Å²) in [5.41, 5.74) is 4.46. The van der Waals surface area contributed by atoms with Crippen molar-refractivity contribution in [2.75, 3.05) is 6.66 Å². The van der Waals surface area contributed by atoms with Gasteiger partial charge in [0.15, 0.2) is 0 Å². The molecule has 0 amide bonds. The maximum absolute atomic E-state index is 3.37. The maximum Gasteiger partial charge on any atom is 0.0212 e. The van der Waals surface area contributed by atoms with Gasteiger partial charge in [0.25, 0.3) is 0 Å². The molecule has 64 valence electrons. The Morgan fingerprint density at radius 2 is 1.92 bits per heavy atom. The molecule has 1 unspecified atom stereocenters. The van der Waals surface area contributed by atoms with Crippen LogP contribution in [0.4, 0.5) is 0 Å². The molecule has 1 aliphatic rings. The van der Waals surface area contributed by atoms with Gasteiger partial charge in [-0.15, -0.1) is 0 Å². The average Bonchev–Trinajstić information content (AvgIpc) is 2.49. The third-order valence-electron chi connectivity index (χ3n) is 2.45. The predicted molar refractivity (Wildman–Crippen MR) is 55.6 cm³/mol. The second-order valence-electron chi connectivity index (χ2n) is 3.29. The largest absolute Gasteiger partial charge is 0.309 e. The van der Waals surface area contributed by atoms with Gasteiger partial charge < -0.3 is 5.32 Å². The lowest BCUT2D eigenvalue weighted by atomic mass is 10.1. The second kappa shape index (κ2) is 3.16. The highest BCUT2D eigenvalue weighted by atomic mass is 31.1. The SMILES string of the molecule is CPc1cc2c(cc1C)CNC2. The zero-order valence-electron chi connectivity index (χ0n) is 7.57. The molecule has 0 spiro atoms. The van der Waals surface area contributed by atoms with Gasteiger partial charge in [-0.1, -0.05) is 14.6 Å². The molecule has 2 rings (SSSR count). The highest BCUT2D eigenvalue weighted by molar-refractivity contribution is 7.46. The summed E-state index contributed by atoms with van der Waals surface area (Å²) in [4.78, 5) is 0. The molecule has 1 aromatic rings. The van der Waals surface area contributed by atoms with Crippen LogP contribution in [0.3, 0.4) is 0 Å². The number of hydrogen-bond donors (Lipinski definition) is 1. The van der Waals surface area contributed by atoms with E-state index in [1.54, 1.807) is 0 Å². The molecule has 0 aromatic heterocycles. The van der Waals surface area contributed by atoms with Gasteiger partial charge in [-0.3, -0.25) is 0 Å². The van der Waals surface area contributed by atoms with Crippen LogP contribution in [0.15, 0.2) is 12.1 Å². The van der Waals surface area contributed by atoms with E-state index >= 15 is 0 Å². The number of nitrogens with one attached hydrogen (secondary N) is 1. The van der Waals surface area contributed by atoms with Crippen molar-refractivity contribution in [2.45, 2.75) is 20.0 Å². The predicted octanol–water partition coefficient (Wildman–Crippen LogP) is 1.53. The van der Waals surface area contributed by atoms with Gasteiger partial charge in [0, 0.05) is 13.1 Å². The number of fused-ring (bicyclic) bond motifs is 1. The number of hydrogen-bond acceptors (Lipinski definition) is 1. The molecule has 1 aromatic carbocycles. The lowest BCUT2D eigenvalue weighted by Gasteiger charge is -2.05. The van der Waals surface area contributed by atoms with E-state index in [9.17, 15) is 0 Å². The molecule has 0 bridgehead atoms. The Bertz CT molecular complexity index is 306. The first kappa shape index (κ1) is 8.22. The van der Waals surface area contributed by atoms with Gasteiger partial charge in [-0.25, -0.2) is 0 Å². The van der Waals surface area contributed by atoms with Crippen LogP contribution >= 0.6 is 8.58 Å². The molecule has 12 heavy (non-hydrogen) atoms. The van der Waals surface area contributed by atoms with Gasteiger partial charge in [0.2, 0.25) is 0 Å². The van der Waals surface area contributed by atoms with Crippen molar-refractivity contribution in [1.29, 1.82) is 0 Å². The molecular weight excluding hydrogens is 165 g/mol. The van der Waals surface area contributed by atoms with E-state index in [4.69, 9.17) is 0 Å². The fourth-order valence-corrected chi connectivity index (χ4v) is 2.53. The van der Waals surface area contributed by atoms with E-state index in [1.165, 1.54) is 22.0 Å². The van der Waals surface area contributed by atoms with E-state index in [1.807, 2.05) is 0 Å². The molecule has 0 radical (unpaired) electrons. The van der Waals surface area contributed by atoms with Gasteiger partial charge >= 0.3 is 0 Å². The van der Waals surface area contributed by atoms with E-state index in [0.29, 0.717) is 0 Å². The Labute approximate surface area is 75.3 Å². The summed E-state index contributed by atoms with van der Waals surface area (Å²) in [5.74, 6) is 0. The first-order chi connectivity index (χ1) is 5.81. The summed E-state index contributed by atoms with van der Waals surface area (Å²) in [6.45, 7) is 6.58. The van der Waals surface area contributed by atoms with Crippen LogP contribution in [0.25, 0.3) is 0 Å². The molecule has 0 aliphatic carbocycles. The molecule has 1 N–H and O–H groups in total. The van der Waals surface area contributed by atoms with Crippen LogP contribution < -0.4 is 10.6 Å². The lowest BCUT2D eigenvalue weighted by Crippen LogP contribution is -2.02. The Morgan fingerprint density at radius 3 is 2.58 bits per heavy atom. The summed E-state index contributed by atoms with van der Waals surface area (Å²) in [5, 5.41) is 4.89. The molecule has 2 heteroatoms. The third kappa shape index (κ3) is 1.28. The molecule has 0 saturated heterocycles. The minimum atomic E-state index is 0.925. The zero-order valence-corrected chi connectivity index (χ0v) is 8.57. The van der Waals surface area contributed by atoms with Crippen molar-refractivity contribution in [3.8, 4) is 0 Å². The molecule has 0 fully saturated rings. The summed E-state index contributed by atoms with van der Waals surface area (Å²) in [6.07, 6.45) is 0. The van der Waals surface area contributed by atoms with E-state index in [2.05, 4.69) is 31.0 Å². The monoisotopic (exact) mass is 179 g/mol. The van der Waals surface area contributed by atoms with E-state index in [0.717, 1.165) is 21.7 Å². The van der Waals surface area contributed by atoms with Gasteiger partial charge in [0.05, 0.1) is 0 Å². The molecule has 1 aliphatic heterocycles. The van der Waals surface area contributed by atoms with Crippen molar-refractivity contribution in [1.82, 2.24) is 5.32 Å². The Hall–Kier alpha value is -0.390. The van der Waals surface area contributed by atoms with Crippen molar-refractivity contribution >= 4 is 13.9 Å². The topological polar surface area (TPSA) is 12.0 Å². The smallest absolute Gasteiger partial charge is 0.0212 e. The maximum atomic E-state index is 3.37. The molecule has 1 heterocycles. The van der Waals surface area contributed by atoms with Crippen LogP contribution in [-0.4, -0.2) is 6.66 Å². The first-order valence-corrected chi connectivity index (χ1v) is 5.82. The van der Waals surface area contributed by atoms with Gasteiger partial charge in [-0.2, -0.15) is 0 Å². The molecule has 0 saturated carbocycles. The summed E-state index contributed by atoms with van der Waals surface area (Å²) < 4.78 is 0. The number of rotatable bonds is 1. The number of aryl methyl sites for hydroxylation is 1. The lowest BCUT2D eigenvalue weighted by molar-refractivity contribution is 0.765. The van der Waals surface area contributed by atoms with E-state index < -0.39 is 0 Å². The van der Waals surface area contributed by atoms with Crippen molar-refractivity contribution in [2.24, 2.45) is 0 Å². The summed E-state index contributed by atoms with van der Waals surface area (Å²) >= 11 is 0. The standard InChI is InChI=1S/C10H14NP/c1-7-3-8-5-11-6-9(8)4-10(7)12-2/h3-4,11-12H,5-6H2,1-2H3. The van der Waals surface area contributed by atoms with E-state index in [-0.39, 0.29) is 0 Å². The number of benzene rings is 1. The Balaban J connectivity index is 2.49. The van der Waals surface area contributed by atoms with Crippen molar-refractivity contribution in [3.05, 3.63) is 28.8 Å². The molecule has 1 atom stereocenters. The normalized spacial score (nSPS) is 15.8. The van der Waals surface area contributed by atoms with Crippen LogP contribution in [0.1, 0.15) is 16.7 Å². The van der Waals surface area contributed by atoms with Gasteiger partial charge in [0.1, 0.15) is 0 Å². The quantitative estimate of drug-likeness (QED) is 0.645. The highest BCUT2D eigenvalue weighted by Crippen LogP contribution is 2.19. The van der Waals surface area contributed by atoms with Crippen molar-refractivity contribution < 1.29 is 0 Å². The zero-order chi connectivity index (χ0) is 8.55. The fourth-order valence-electron chi connectivity index (χ4n) is 1.74. The minimum absolute atomic E-state index is 0.925. The highest BCUT2D eigenvalue weighted by Gasteiger charge is 2.11. The van der Waals surface area contributed by atoms with Crippen LogP contribution in [0.2, 0.25) is 0 Å². The van der Waals surface area contributed by atoms with Crippen LogP contribution in [0, 0.1) is 6.92 Å².